The van der Waals surface area contributed by atoms with Crippen molar-refractivity contribution in [3.63, 3.8) is 0 Å². The van der Waals surface area contributed by atoms with E-state index in [1.165, 1.54) is 18.1 Å². The molecule has 0 heterocycles. The van der Waals surface area contributed by atoms with Crippen molar-refractivity contribution in [2.24, 2.45) is 5.73 Å². The Morgan fingerprint density at radius 3 is 2.52 bits per heavy atom. The van der Waals surface area contributed by atoms with Crippen molar-refractivity contribution < 1.29 is 19.1 Å². The average Bonchev–Trinajstić information content (AvgIpc) is 3.15. The maximum atomic E-state index is 12.5. The normalized spacial score (nSPS) is 14.4. The molecule has 2 aromatic carbocycles. The Balaban J connectivity index is 1.60. The van der Waals surface area contributed by atoms with Crippen molar-refractivity contribution in [3.8, 4) is 0 Å². The lowest BCUT2D eigenvalue weighted by molar-refractivity contribution is -0.155. The van der Waals surface area contributed by atoms with E-state index in [4.69, 9.17) is 10.5 Å². The van der Waals surface area contributed by atoms with Gasteiger partial charge in [-0.15, -0.1) is 0 Å². The van der Waals surface area contributed by atoms with Gasteiger partial charge in [-0.25, -0.2) is 9.59 Å². The second-order valence-electron chi connectivity index (χ2n) is 7.16. The van der Waals surface area contributed by atoms with Crippen molar-refractivity contribution in [2.45, 2.75) is 44.8 Å². The van der Waals surface area contributed by atoms with Crippen LogP contribution in [0.1, 0.15) is 30.0 Å². The number of fused-ring (bicyclic) bond motifs is 1. The Kier molecular flexibility index (Phi) is 6.49. The number of aryl methyl sites for hydroxylation is 2. The lowest BCUT2D eigenvalue weighted by atomic mass is 10.1. The van der Waals surface area contributed by atoms with Crippen molar-refractivity contribution in [1.82, 2.24) is 5.32 Å². The highest BCUT2D eigenvalue weighted by Gasteiger charge is 2.26. The number of carbonyl (C=O) groups is 3. The van der Waals surface area contributed by atoms with Crippen LogP contribution in [-0.2, 0) is 33.6 Å². The van der Waals surface area contributed by atoms with Gasteiger partial charge < -0.3 is 21.1 Å². The van der Waals surface area contributed by atoms with Gasteiger partial charge in [-0.3, -0.25) is 4.79 Å². The number of primary amides is 1. The topological polar surface area (TPSA) is 111 Å². The summed E-state index contributed by atoms with van der Waals surface area (Å²) in [5.41, 5.74) is 9.24. The van der Waals surface area contributed by atoms with E-state index >= 15 is 0 Å². The first-order valence-electron chi connectivity index (χ1n) is 9.65. The summed E-state index contributed by atoms with van der Waals surface area (Å²) in [6.45, 7) is 1.49. The molecule has 0 saturated carbocycles. The second kappa shape index (κ2) is 9.23. The minimum atomic E-state index is -1.02. The van der Waals surface area contributed by atoms with E-state index < -0.39 is 30.1 Å². The van der Waals surface area contributed by atoms with Crippen molar-refractivity contribution in [1.29, 1.82) is 0 Å². The van der Waals surface area contributed by atoms with Gasteiger partial charge in [-0.1, -0.05) is 36.4 Å². The van der Waals surface area contributed by atoms with Gasteiger partial charge in [0.25, 0.3) is 5.91 Å². The molecule has 0 bridgehead atoms. The zero-order chi connectivity index (χ0) is 20.8. The molecule has 3 amide bonds. The van der Waals surface area contributed by atoms with Crippen LogP contribution < -0.4 is 16.4 Å². The summed E-state index contributed by atoms with van der Waals surface area (Å²) in [4.78, 5) is 36.3. The summed E-state index contributed by atoms with van der Waals surface area (Å²) in [5.74, 6) is -1.15. The molecular formula is C22H25N3O4. The van der Waals surface area contributed by atoms with Gasteiger partial charge >= 0.3 is 12.0 Å². The van der Waals surface area contributed by atoms with E-state index in [1.807, 2.05) is 48.5 Å². The first kappa shape index (κ1) is 20.4. The Hall–Kier alpha value is -3.35. The third kappa shape index (κ3) is 5.57. The van der Waals surface area contributed by atoms with E-state index in [0.717, 1.165) is 24.8 Å². The van der Waals surface area contributed by atoms with Crippen molar-refractivity contribution in [2.75, 3.05) is 5.32 Å². The van der Waals surface area contributed by atoms with Gasteiger partial charge in [0.2, 0.25) is 0 Å². The standard InChI is InChI=1S/C22H25N3O4/c1-14(20(26)24-18-11-10-16-8-5-9-17(16)13-18)29-21(27)19(25-22(23)28)12-15-6-3-2-4-7-15/h2-4,6-7,10-11,13-14,19H,5,8-9,12H2,1H3,(H,24,26)(H3,23,25,28)/t14-,19+/m1/s1. The predicted octanol–water partition coefficient (Wildman–Crippen LogP) is 2.33. The largest absolute Gasteiger partial charge is 0.451 e. The molecule has 7 nitrogen and oxygen atoms in total. The molecule has 0 spiro atoms. The zero-order valence-electron chi connectivity index (χ0n) is 16.3. The van der Waals surface area contributed by atoms with Crippen LogP contribution in [0.15, 0.2) is 48.5 Å². The molecule has 1 aliphatic rings. The maximum Gasteiger partial charge on any atom is 0.329 e. The van der Waals surface area contributed by atoms with E-state index in [9.17, 15) is 14.4 Å². The lowest BCUT2D eigenvalue weighted by Crippen LogP contribution is -2.47. The number of benzene rings is 2. The molecule has 2 aromatic rings. The van der Waals surface area contributed by atoms with E-state index in [0.29, 0.717) is 5.69 Å². The summed E-state index contributed by atoms with van der Waals surface area (Å²) in [6.07, 6.45) is 2.37. The Morgan fingerprint density at radius 2 is 1.79 bits per heavy atom. The van der Waals surface area contributed by atoms with Crippen LogP contribution >= 0.6 is 0 Å². The van der Waals surface area contributed by atoms with E-state index in [2.05, 4.69) is 10.6 Å². The number of nitrogens with two attached hydrogens (primary N) is 1. The van der Waals surface area contributed by atoms with Crippen LogP contribution in [0.4, 0.5) is 10.5 Å². The average molecular weight is 395 g/mol. The number of hydrogen-bond donors (Lipinski definition) is 3. The Morgan fingerprint density at radius 1 is 1.07 bits per heavy atom. The zero-order valence-corrected chi connectivity index (χ0v) is 16.3. The fourth-order valence-corrected chi connectivity index (χ4v) is 3.42. The summed E-state index contributed by atoms with van der Waals surface area (Å²) in [7, 11) is 0. The number of rotatable bonds is 7. The lowest BCUT2D eigenvalue weighted by Gasteiger charge is -2.20. The fourth-order valence-electron chi connectivity index (χ4n) is 3.42. The number of ether oxygens (including phenoxy) is 1. The highest BCUT2D eigenvalue weighted by molar-refractivity contribution is 5.95. The summed E-state index contributed by atoms with van der Waals surface area (Å²) >= 11 is 0. The Labute approximate surface area is 169 Å². The van der Waals surface area contributed by atoms with Gasteiger partial charge in [0.15, 0.2) is 6.10 Å². The Bertz CT molecular complexity index is 898. The molecule has 3 rings (SSSR count). The number of urea groups is 1. The molecule has 1 aliphatic carbocycles. The highest BCUT2D eigenvalue weighted by atomic mass is 16.5. The number of carbonyl (C=O) groups excluding carboxylic acids is 3. The van der Waals surface area contributed by atoms with Gasteiger partial charge in [-0.2, -0.15) is 0 Å². The van der Waals surface area contributed by atoms with Gasteiger partial charge in [0.1, 0.15) is 6.04 Å². The van der Waals surface area contributed by atoms with Crippen LogP contribution in [0.5, 0.6) is 0 Å². The van der Waals surface area contributed by atoms with Crippen LogP contribution in [0.2, 0.25) is 0 Å². The molecule has 2 atom stereocenters. The molecule has 4 N–H and O–H groups in total. The van der Waals surface area contributed by atoms with Crippen molar-refractivity contribution >= 4 is 23.6 Å². The van der Waals surface area contributed by atoms with Crippen molar-refractivity contribution in [3.05, 3.63) is 65.2 Å². The number of anilines is 1. The molecule has 7 heteroatoms. The van der Waals surface area contributed by atoms with Crippen LogP contribution in [0.25, 0.3) is 0 Å². The smallest absolute Gasteiger partial charge is 0.329 e. The molecule has 0 radical (unpaired) electrons. The second-order valence-corrected chi connectivity index (χ2v) is 7.16. The molecule has 0 aromatic heterocycles. The van der Waals surface area contributed by atoms with Gasteiger partial charge in [0.05, 0.1) is 0 Å². The molecular weight excluding hydrogens is 370 g/mol. The first-order chi connectivity index (χ1) is 13.9. The number of nitrogens with one attached hydrogen (secondary N) is 2. The minimum Gasteiger partial charge on any atom is -0.451 e. The minimum absolute atomic E-state index is 0.210. The number of amides is 3. The molecule has 0 saturated heterocycles. The van der Waals surface area contributed by atoms with E-state index in [-0.39, 0.29) is 6.42 Å². The predicted molar refractivity (Wildman–Crippen MR) is 109 cm³/mol. The third-order valence-electron chi connectivity index (χ3n) is 4.91. The third-order valence-corrected chi connectivity index (χ3v) is 4.91. The van der Waals surface area contributed by atoms with Crippen LogP contribution in [0, 0.1) is 0 Å². The number of esters is 1. The highest BCUT2D eigenvalue weighted by Crippen LogP contribution is 2.25. The first-order valence-corrected chi connectivity index (χ1v) is 9.65. The van der Waals surface area contributed by atoms with E-state index in [1.54, 1.807) is 0 Å². The summed E-state index contributed by atoms with van der Waals surface area (Å²) in [6, 6.07) is 13.2. The summed E-state index contributed by atoms with van der Waals surface area (Å²) < 4.78 is 5.29. The molecule has 0 aliphatic heterocycles. The summed E-state index contributed by atoms with van der Waals surface area (Å²) in [5, 5.41) is 5.16. The molecule has 0 fully saturated rings. The SMILES string of the molecule is C[C@@H](OC(=O)[C@H](Cc1ccccc1)NC(N)=O)C(=O)Nc1ccc2c(c1)CCC2. The van der Waals surface area contributed by atoms with Gasteiger partial charge in [-0.05, 0) is 55.0 Å². The molecule has 0 unspecified atom stereocenters. The quantitative estimate of drug-likeness (QED) is 0.625. The monoisotopic (exact) mass is 395 g/mol. The van der Waals surface area contributed by atoms with Crippen LogP contribution in [0.3, 0.4) is 0 Å². The molecule has 152 valence electrons. The molecule has 29 heavy (non-hydrogen) atoms. The fraction of sp³-hybridized carbons (Fsp3) is 0.318. The van der Waals surface area contributed by atoms with Gasteiger partial charge in [0, 0.05) is 12.1 Å². The maximum absolute atomic E-state index is 12.5. The number of hydrogen-bond acceptors (Lipinski definition) is 4. The van der Waals surface area contributed by atoms with Crippen LogP contribution in [-0.4, -0.2) is 30.1 Å².